The van der Waals surface area contributed by atoms with E-state index in [2.05, 4.69) is 51.6 Å². The summed E-state index contributed by atoms with van der Waals surface area (Å²) in [5.74, 6) is -0.0909. The van der Waals surface area contributed by atoms with Crippen molar-refractivity contribution in [1.29, 1.82) is 0 Å². The van der Waals surface area contributed by atoms with Crippen LogP contribution in [0.3, 0.4) is 0 Å². The van der Waals surface area contributed by atoms with Crippen LogP contribution >= 0.6 is 23.7 Å². The van der Waals surface area contributed by atoms with Gasteiger partial charge in [-0.25, -0.2) is 4.98 Å². The predicted molar refractivity (Wildman–Crippen MR) is 131 cm³/mol. The van der Waals surface area contributed by atoms with Gasteiger partial charge in [-0.3, -0.25) is 9.69 Å². The average molecular weight is 450 g/mol. The van der Waals surface area contributed by atoms with E-state index in [1.807, 2.05) is 35.8 Å². The van der Waals surface area contributed by atoms with Gasteiger partial charge in [0.05, 0.1) is 15.7 Å². The molecule has 0 unspecified atom stereocenters. The van der Waals surface area contributed by atoms with Gasteiger partial charge >= 0.3 is 0 Å². The molecule has 0 saturated carbocycles. The van der Waals surface area contributed by atoms with Gasteiger partial charge in [-0.15, -0.1) is 23.7 Å². The highest BCUT2D eigenvalue weighted by Gasteiger charge is 2.17. The molecule has 1 aliphatic rings. The Morgan fingerprint density at radius 2 is 1.81 bits per heavy atom. The van der Waals surface area contributed by atoms with Crippen molar-refractivity contribution in [2.24, 2.45) is 0 Å². The van der Waals surface area contributed by atoms with Crippen molar-refractivity contribution >= 4 is 45.6 Å². The largest absolute Gasteiger partial charge is 0.322 e. The molecule has 1 amide bonds. The fraction of sp³-hybridized carbons (Fsp3) is 0.200. The van der Waals surface area contributed by atoms with E-state index in [0.717, 1.165) is 35.5 Å². The van der Waals surface area contributed by atoms with E-state index < -0.39 is 0 Å². The van der Waals surface area contributed by atoms with Crippen LogP contribution in [0.25, 0.3) is 21.3 Å². The van der Waals surface area contributed by atoms with Crippen LogP contribution in [-0.4, -0.2) is 28.9 Å². The lowest BCUT2D eigenvalue weighted by atomic mass is 9.96. The lowest BCUT2D eigenvalue weighted by Gasteiger charge is -2.19. The van der Waals surface area contributed by atoms with Gasteiger partial charge in [-0.2, -0.15) is 0 Å². The second-order valence-corrected chi connectivity index (χ2v) is 8.60. The van der Waals surface area contributed by atoms with Gasteiger partial charge in [-0.05, 0) is 73.0 Å². The Morgan fingerprint density at radius 3 is 2.61 bits per heavy atom. The highest BCUT2D eigenvalue weighted by molar-refractivity contribution is 7.16. The quantitative estimate of drug-likeness (QED) is 0.392. The fourth-order valence-electron chi connectivity index (χ4n) is 4.09. The van der Waals surface area contributed by atoms with Gasteiger partial charge in [0.1, 0.15) is 0 Å². The van der Waals surface area contributed by atoms with E-state index in [1.165, 1.54) is 29.5 Å². The van der Waals surface area contributed by atoms with Crippen molar-refractivity contribution < 1.29 is 4.79 Å². The van der Waals surface area contributed by atoms with Crippen LogP contribution in [-0.2, 0) is 6.54 Å². The first kappa shape index (κ1) is 21.5. The third kappa shape index (κ3) is 4.79. The maximum atomic E-state index is 13.0. The van der Waals surface area contributed by atoms with Crippen LogP contribution in [0.15, 0.2) is 72.2 Å². The molecule has 1 saturated heterocycles. The Labute approximate surface area is 192 Å². The maximum absolute atomic E-state index is 13.0. The molecule has 1 fully saturated rings. The number of thiazole rings is 1. The predicted octanol–water partition coefficient (Wildman–Crippen LogP) is 6.23. The molecule has 1 aliphatic heterocycles. The van der Waals surface area contributed by atoms with E-state index in [9.17, 15) is 4.79 Å². The van der Waals surface area contributed by atoms with Crippen molar-refractivity contribution in [2.75, 3.05) is 18.4 Å². The number of halogens is 1. The van der Waals surface area contributed by atoms with Crippen LogP contribution in [0.4, 0.5) is 5.69 Å². The minimum absolute atomic E-state index is 0. The molecule has 0 bridgehead atoms. The normalized spacial score (nSPS) is 13.8. The standard InChI is InChI=1S/C25H23N3OS.ClH/c29-25(27-21-9-11-24-23(15-21)26-17-30-24)19-8-10-22(18-6-2-1-3-7-18)20(14-19)16-28-12-4-5-13-28;/h1-3,6-11,14-15,17H,4-5,12-13,16H2,(H,27,29);1H. The molecule has 0 atom stereocenters. The van der Waals surface area contributed by atoms with Crippen LogP contribution in [0, 0.1) is 0 Å². The van der Waals surface area contributed by atoms with Gasteiger partial charge in [-0.1, -0.05) is 36.4 Å². The highest BCUT2D eigenvalue weighted by atomic mass is 35.5. The molecule has 6 heteroatoms. The summed E-state index contributed by atoms with van der Waals surface area (Å²) in [6.45, 7) is 3.12. The number of hydrogen-bond acceptors (Lipinski definition) is 4. The van der Waals surface area contributed by atoms with Crippen LogP contribution in [0.1, 0.15) is 28.8 Å². The van der Waals surface area contributed by atoms with Gasteiger partial charge < -0.3 is 5.32 Å². The molecule has 2 heterocycles. The molecular formula is C25H24ClN3OS. The van der Waals surface area contributed by atoms with Crippen molar-refractivity contribution in [3.8, 4) is 11.1 Å². The van der Waals surface area contributed by atoms with Crippen molar-refractivity contribution in [2.45, 2.75) is 19.4 Å². The summed E-state index contributed by atoms with van der Waals surface area (Å²) in [7, 11) is 0. The number of nitrogens with zero attached hydrogens (tertiary/aromatic N) is 2. The lowest BCUT2D eigenvalue weighted by Crippen LogP contribution is -2.19. The molecule has 0 aliphatic carbocycles. The number of carbonyl (C=O) groups excluding carboxylic acids is 1. The topological polar surface area (TPSA) is 45.2 Å². The van der Waals surface area contributed by atoms with Gasteiger partial charge in [0.2, 0.25) is 0 Å². The summed E-state index contributed by atoms with van der Waals surface area (Å²) in [6, 6.07) is 22.3. The second-order valence-electron chi connectivity index (χ2n) is 7.71. The molecule has 0 radical (unpaired) electrons. The van der Waals surface area contributed by atoms with E-state index in [1.54, 1.807) is 11.3 Å². The Morgan fingerprint density at radius 1 is 1.00 bits per heavy atom. The minimum atomic E-state index is -0.0909. The van der Waals surface area contributed by atoms with Crippen molar-refractivity contribution in [1.82, 2.24) is 9.88 Å². The number of rotatable bonds is 5. The fourth-order valence-corrected chi connectivity index (χ4v) is 4.74. The first-order valence-corrected chi connectivity index (χ1v) is 11.2. The van der Waals surface area contributed by atoms with E-state index in [0.29, 0.717) is 5.56 Å². The summed E-state index contributed by atoms with van der Waals surface area (Å²) in [4.78, 5) is 19.8. The van der Waals surface area contributed by atoms with Crippen LogP contribution in [0.5, 0.6) is 0 Å². The molecule has 0 spiro atoms. The number of hydrogen-bond donors (Lipinski definition) is 1. The lowest BCUT2D eigenvalue weighted by molar-refractivity contribution is 0.102. The molecular weight excluding hydrogens is 426 g/mol. The van der Waals surface area contributed by atoms with Crippen molar-refractivity contribution in [3.63, 3.8) is 0 Å². The van der Waals surface area contributed by atoms with Gasteiger partial charge in [0.15, 0.2) is 0 Å². The third-order valence-corrected chi connectivity index (χ3v) is 6.44. The van der Waals surface area contributed by atoms with Crippen molar-refractivity contribution in [3.05, 3.63) is 83.4 Å². The first-order valence-electron chi connectivity index (χ1n) is 10.3. The zero-order valence-corrected chi connectivity index (χ0v) is 18.7. The summed E-state index contributed by atoms with van der Waals surface area (Å²) in [6.07, 6.45) is 2.50. The number of nitrogens with one attached hydrogen (secondary N) is 1. The number of anilines is 1. The third-order valence-electron chi connectivity index (χ3n) is 5.63. The molecule has 5 rings (SSSR count). The van der Waals surface area contributed by atoms with E-state index in [4.69, 9.17) is 0 Å². The smallest absolute Gasteiger partial charge is 0.255 e. The Kier molecular flexibility index (Phi) is 6.66. The molecule has 4 aromatic rings. The second kappa shape index (κ2) is 9.60. The molecule has 4 nitrogen and oxygen atoms in total. The summed E-state index contributed by atoms with van der Waals surface area (Å²) >= 11 is 1.60. The van der Waals surface area contributed by atoms with Gasteiger partial charge in [0, 0.05) is 17.8 Å². The average Bonchev–Trinajstić information content (AvgIpc) is 3.46. The number of benzene rings is 3. The monoisotopic (exact) mass is 449 g/mol. The summed E-state index contributed by atoms with van der Waals surface area (Å²) < 4.78 is 1.12. The molecule has 1 N–H and O–H groups in total. The number of amides is 1. The van der Waals surface area contributed by atoms with Crippen LogP contribution < -0.4 is 5.32 Å². The van der Waals surface area contributed by atoms with E-state index in [-0.39, 0.29) is 18.3 Å². The SMILES string of the molecule is Cl.O=C(Nc1ccc2scnc2c1)c1ccc(-c2ccccc2)c(CN2CCCC2)c1. The summed E-state index contributed by atoms with van der Waals surface area (Å²) in [5, 5.41) is 3.03. The number of aromatic nitrogens is 1. The zero-order valence-electron chi connectivity index (χ0n) is 17.1. The molecule has 158 valence electrons. The first-order chi connectivity index (χ1) is 14.8. The molecule has 3 aromatic carbocycles. The minimum Gasteiger partial charge on any atom is -0.322 e. The van der Waals surface area contributed by atoms with Gasteiger partial charge in [0.25, 0.3) is 5.91 Å². The Balaban J connectivity index is 0.00000231. The number of fused-ring (bicyclic) bond motifs is 1. The summed E-state index contributed by atoms with van der Waals surface area (Å²) in [5.41, 5.74) is 7.77. The number of carbonyl (C=O) groups is 1. The molecule has 31 heavy (non-hydrogen) atoms. The Bertz CT molecular complexity index is 1190. The highest BCUT2D eigenvalue weighted by Crippen LogP contribution is 2.28. The van der Waals surface area contributed by atoms with E-state index >= 15 is 0 Å². The van der Waals surface area contributed by atoms with Crippen LogP contribution in [0.2, 0.25) is 0 Å². The number of likely N-dealkylation sites (tertiary alicyclic amines) is 1. The maximum Gasteiger partial charge on any atom is 0.255 e. The molecule has 1 aromatic heterocycles. The Hall–Kier alpha value is -2.73. The zero-order chi connectivity index (χ0) is 20.3.